The number of nitrogens with zero attached hydrogens (tertiary/aromatic N) is 3. The van der Waals surface area contributed by atoms with Crippen LogP contribution < -0.4 is 16.2 Å². The minimum atomic E-state index is -0.232. The van der Waals surface area contributed by atoms with E-state index < -0.39 is 0 Å². The third-order valence-corrected chi connectivity index (χ3v) is 5.32. The first-order chi connectivity index (χ1) is 14.1. The average molecular weight is 399 g/mol. The summed E-state index contributed by atoms with van der Waals surface area (Å²) in [6.45, 7) is 1.77. The molecule has 9 heteroatoms. The number of carbonyl (C=O) groups is 2. The number of hydrogen-bond donors (Lipinski definition) is 2. The molecular formula is C20H25N5O4. The Hall–Kier alpha value is -3.10. The quantitative estimate of drug-likeness (QED) is 0.759. The number of piperidine rings is 1. The molecule has 1 aliphatic heterocycles. The maximum absolute atomic E-state index is 12.4. The summed E-state index contributed by atoms with van der Waals surface area (Å²) < 4.78 is 6.63. The van der Waals surface area contributed by atoms with Crippen LogP contribution >= 0.6 is 0 Å². The zero-order valence-electron chi connectivity index (χ0n) is 16.2. The fourth-order valence-corrected chi connectivity index (χ4v) is 3.43. The van der Waals surface area contributed by atoms with Gasteiger partial charge in [0.15, 0.2) is 5.76 Å². The summed E-state index contributed by atoms with van der Waals surface area (Å²) in [7, 11) is 0. The van der Waals surface area contributed by atoms with Crippen molar-refractivity contribution in [1.29, 1.82) is 0 Å². The lowest BCUT2D eigenvalue weighted by Crippen LogP contribution is -2.47. The van der Waals surface area contributed by atoms with Crippen LogP contribution in [0.25, 0.3) is 11.5 Å². The second kappa shape index (κ2) is 8.50. The lowest BCUT2D eigenvalue weighted by atomic mass is 9.96. The first-order valence-corrected chi connectivity index (χ1v) is 10.1. The number of urea groups is 1. The molecule has 0 atom stereocenters. The molecule has 2 aromatic heterocycles. The van der Waals surface area contributed by atoms with Gasteiger partial charge in [-0.15, -0.1) is 0 Å². The van der Waals surface area contributed by atoms with Gasteiger partial charge in [-0.1, -0.05) is 0 Å². The summed E-state index contributed by atoms with van der Waals surface area (Å²) >= 11 is 0. The van der Waals surface area contributed by atoms with Gasteiger partial charge in [0.2, 0.25) is 5.91 Å². The second-order valence-corrected chi connectivity index (χ2v) is 7.53. The molecule has 29 heavy (non-hydrogen) atoms. The van der Waals surface area contributed by atoms with E-state index in [1.807, 2.05) is 0 Å². The van der Waals surface area contributed by atoms with Gasteiger partial charge in [0.05, 0.1) is 12.8 Å². The number of furan rings is 1. The topological polar surface area (TPSA) is 109 Å². The fraction of sp³-hybridized carbons (Fsp3) is 0.500. The van der Waals surface area contributed by atoms with Crippen molar-refractivity contribution in [3.8, 4) is 11.5 Å². The van der Waals surface area contributed by atoms with E-state index in [0.717, 1.165) is 12.8 Å². The Balaban J connectivity index is 1.24. The third kappa shape index (κ3) is 4.85. The van der Waals surface area contributed by atoms with E-state index in [9.17, 15) is 14.4 Å². The minimum Gasteiger partial charge on any atom is -0.463 e. The standard InChI is InChI=1S/C20H25N5O4/c26-18-6-5-16(17-2-1-13-29-17)23-25(18)12-9-21-19(27)14-7-10-24(11-8-14)20(28)22-15-3-4-15/h1-2,5-6,13-15H,3-4,7-12H2,(H,21,27)(H,22,28). The highest BCUT2D eigenvalue weighted by Gasteiger charge is 2.30. The summed E-state index contributed by atoms with van der Waals surface area (Å²) in [6, 6.07) is 6.91. The SMILES string of the molecule is O=C(NCCn1nc(-c2ccco2)ccc1=O)C1CCN(C(=O)NC2CC2)CC1. The lowest BCUT2D eigenvalue weighted by Gasteiger charge is -2.31. The van der Waals surface area contributed by atoms with Crippen LogP contribution in [0.4, 0.5) is 4.79 Å². The molecule has 3 heterocycles. The van der Waals surface area contributed by atoms with E-state index in [1.165, 1.54) is 10.7 Å². The maximum Gasteiger partial charge on any atom is 0.317 e. The highest BCUT2D eigenvalue weighted by atomic mass is 16.3. The third-order valence-electron chi connectivity index (χ3n) is 5.32. The molecule has 4 rings (SSSR count). The summed E-state index contributed by atoms with van der Waals surface area (Å²) in [4.78, 5) is 38.3. The van der Waals surface area contributed by atoms with E-state index >= 15 is 0 Å². The Morgan fingerprint density at radius 2 is 1.93 bits per heavy atom. The minimum absolute atomic E-state index is 0.0201. The number of hydrogen-bond acceptors (Lipinski definition) is 5. The highest BCUT2D eigenvalue weighted by Crippen LogP contribution is 2.21. The van der Waals surface area contributed by atoms with Crippen LogP contribution in [0, 0.1) is 5.92 Å². The number of nitrogens with one attached hydrogen (secondary N) is 2. The zero-order valence-corrected chi connectivity index (χ0v) is 16.2. The number of amides is 3. The molecule has 0 aromatic carbocycles. The van der Waals surface area contributed by atoms with Gasteiger partial charge in [0.1, 0.15) is 5.69 Å². The number of carbonyl (C=O) groups excluding carboxylic acids is 2. The van der Waals surface area contributed by atoms with E-state index in [2.05, 4.69) is 15.7 Å². The Bertz CT molecular complexity index is 911. The molecule has 1 saturated heterocycles. The average Bonchev–Trinajstić information content (AvgIpc) is 3.37. The van der Waals surface area contributed by atoms with Gasteiger partial charge in [-0.3, -0.25) is 9.59 Å². The van der Waals surface area contributed by atoms with E-state index in [0.29, 0.717) is 50.0 Å². The lowest BCUT2D eigenvalue weighted by molar-refractivity contribution is -0.126. The van der Waals surface area contributed by atoms with Crippen molar-refractivity contribution < 1.29 is 14.0 Å². The number of rotatable bonds is 6. The molecule has 0 radical (unpaired) electrons. The van der Waals surface area contributed by atoms with Gasteiger partial charge >= 0.3 is 6.03 Å². The summed E-state index contributed by atoms with van der Waals surface area (Å²) in [5.74, 6) is 0.432. The molecule has 9 nitrogen and oxygen atoms in total. The van der Waals surface area contributed by atoms with Crippen molar-refractivity contribution in [2.45, 2.75) is 38.3 Å². The van der Waals surface area contributed by atoms with Crippen molar-refractivity contribution in [2.24, 2.45) is 5.92 Å². The van der Waals surface area contributed by atoms with Gasteiger partial charge in [-0.05, 0) is 43.9 Å². The van der Waals surface area contributed by atoms with Crippen LogP contribution in [-0.2, 0) is 11.3 Å². The van der Waals surface area contributed by atoms with E-state index in [1.54, 1.807) is 29.4 Å². The van der Waals surface area contributed by atoms with Gasteiger partial charge in [-0.2, -0.15) is 5.10 Å². The fourth-order valence-electron chi connectivity index (χ4n) is 3.43. The molecule has 3 amide bonds. The van der Waals surface area contributed by atoms with Crippen LogP contribution in [-0.4, -0.2) is 52.3 Å². The Labute approximate surface area is 168 Å². The van der Waals surface area contributed by atoms with Crippen molar-refractivity contribution in [2.75, 3.05) is 19.6 Å². The first-order valence-electron chi connectivity index (χ1n) is 10.1. The largest absolute Gasteiger partial charge is 0.463 e. The first kappa shape index (κ1) is 19.2. The van der Waals surface area contributed by atoms with Crippen LogP contribution in [0.1, 0.15) is 25.7 Å². The summed E-state index contributed by atoms with van der Waals surface area (Å²) in [5, 5.41) is 10.2. The molecule has 0 unspecified atom stereocenters. The Morgan fingerprint density at radius 1 is 1.14 bits per heavy atom. The van der Waals surface area contributed by atoms with Crippen molar-refractivity contribution >= 4 is 11.9 Å². The van der Waals surface area contributed by atoms with Crippen LogP contribution in [0.2, 0.25) is 0 Å². The molecule has 1 saturated carbocycles. The van der Waals surface area contributed by atoms with E-state index in [-0.39, 0.29) is 30.0 Å². The van der Waals surface area contributed by atoms with Crippen molar-refractivity contribution in [1.82, 2.24) is 25.3 Å². The number of likely N-dealkylation sites (tertiary alicyclic amines) is 1. The molecule has 2 aliphatic rings. The second-order valence-electron chi connectivity index (χ2n) is 7.53. The monoisotopic (exact) mass is 399 g/mol. The molecule has 0 bridgehead atoms. The van der Waals surface area contributed by atoms with Gasteiger partial charge in [-0.25, -0.2) is 9.48 Å². The predicted octanol–water partition coefficient (Wildman–Crippen LogP) is 1.20. The molecule has 2 N–H and O–H groups in total. The van der Waals surface area contributed by atoms with Crippen LogP contribution in [0.3, 0.4) is 0 Å². The smallest absolute Gasteiger partial charge is 0.317 e. The summed E-state index contributed by atoms with van der Waals surface area (Å²) in [5.41, 5.74) is 0.335. The molecule has 0 spiro atoms. The molecule has 154 valence electrons. The molecular weight excluding hydrogens is 374 g/mol. The summed E-state index contributed by atoms with van der Waals surface area (Å²) in [6.07, 6.45) is 4.97. The van der Waals surface area contributed by atoms with E-state index in [4.69, 9.17) is 4.42 Å². The van der Waals surface area contributed by atoms with Crippen LogP contribution in [0.5, 0.6) is 0 Å². The van der Waals surface area contributed by atoms with Gasteiger partial charge < -0.3 is 20.0 Å². The number of aromatic nitrogens is 2. The highest BCUT2D eigenvalue weighted by molar-refractivity contribution is 5.79. The molecule has 2 fully saturated rings. The predicted molar refractivity (Wildman–Crippen MR) is 105 cm³/mol. The molecule has 1 aliphatic carbocycles. The maximum atomic E-state index is 12.4. The Kier molecular flexibility index (Phi) is 5.64. The van der Waals surface area contributed by atoms with Crippen molar-refractivity contribution in [3.63, 3.8) is 0 Å². The van der Waals surface area contributed by atoms with Gasteiger partial charge in [0.25, 0.3) is 5.56 Å². The zero-order chi connectivity index (χ0) is 20.2. The van der Waals surface area contributed by atoms with Crippen molar-refractivity contribution in [3.05, 3.63) is 40.9 Å². The normalized spacial score (nSPS) is 17.2. The van der Waals surface area contributed by atoms with Gasteiger partial charge in [0, 0.05) is 37.7 Å². The Morgan fingerprint density at radius 3 is 2.62 bits per heavy atom. The molecule has 2 aromatic rings. The van der Waals surface area contributed by atoms with Crippen LogP contribution in [0.15, 0.2) is 39.7 Å².